The molecule has 0 aliphatic heterocycles. The van der Waals surface area contributed by atoms with Crippen LogP contribution in [0.5, 0.6) is 5.88 Å². The fourth-order valence-corrected chi connectivity index (χ4v) is 2.96. The van der Waals surface area contributed by atoms with E-state index in [-0.39, 0.29) is 0 Å². The van der Waals surface area contributed by atoms with Crippen molar-refractivity contribution in [1.29, 1.82) is 0 Å². The van der Waals surface area contributed by atoms with E-state index in [1.54, 1.807) is 25.4 Å². The Kier molecular flexibility index (Phi) is 8.28. The number of rotatable bonds is 10. The third kappa shape index (κ3) is 6.71. The lowest BCUT2D eigenvalue weighted by Crippen LogP contribution is -2.41. The van der Waals surface area contributed by atoms with E-state index in [9.17, 15) is 0 Å². The van der Waals surface area contributed by atoms with E-state index in [1.807, 2.05) is 0 Å². The van der Waals surface area contributed by atoms with Gasteiger partial charge in [-0.3, -0.25) is 4.99 Å². The van der Waals surface area contributed by atoms with Crippen LogP contribution in [0.25, 0.3) is 0 Å². The molecule has 0 aromatic carbocycles. The third-order valence-electron chi connectivity index (χ3n) is 4.51. The van der Waals surface area contributed by atoms with E-state index >= 15 is 0 Å². The van der Waals surface area contributed by atoms with Gasteiger partial charge in [0.05, 0.1) is 11.6 Å². The van der Waals surface area contributed by atoms with E-state index in [0.29, 0.717) is 29.5 Å². The third-order valence-corrected chi connectivity index (χ3v) is 4.74. The number of aliphatic imine (C=N–C) groups is 1. The zero-order valence-electron chi connectivity index (χ0n) is 15.2. The van der Waals surface area contributed by atoms with Crippen LogP contribution in [0.1, 0.15) is 32.6 Å². The molecule has 140 valence electrons. The van der Waals surface area contributed by atoms with Crippen LogP contribution < -0.4 is 15.4 Å². The zero-order chi connectivity index (χ0) is 18.0. The zero-order valence-corrected chi connectivity index (χ0v) is 15.9. The Morgan fingerprint density at radius 1 is 1.32 bits per heavy atom. The van der Waals surface area contributed by atoms with Crippen LogP contribution in [0.3, 0.4) is 0 Å². The number of pyridine rings is 1. The second-order valence-corrected chi connectivity index (χ2v) is 6.82. The van der Waals surface area contributed by atoms with Gasteiger partial charge >= 0.3 is 0 Å². The van der Waals surface area contributed by atoms with Crippen LogP contribution in [0.2, 0.25) is 5.02 Å². The number of nitrogens with zero attached hydrogens (tertiary/aromatic N) is 2. The maximum Gasteiger partial charge on any atom is 0.213 e. The van der Waals surface area contributed by atoms with Crippen LogP contribution in [0, 0.1) is 5.41 Å². The highest BCUT2D eigenvalue weighted by atomic mass is 35.5. The molecule has 1 aliphatic carbocycles. The van der Waals surface area contributed by atoms with Gasteiger partial charge < -0.3 is 20.1 Å². The maximum atomic E-state index is 5.81. The molecule has 0 unspecified atom stereocenters. The molecule has 1 aromatic heterocycles. The van der Waals surface area contributed by atoms with Gasteiger partial charge in [-0.2, -0.15) is 0 Å². The van der Waals surface area contributed by atoms with Gasteiger partial charge in [0, 0.05) is 39.1 Å². The largest absolute Gasteiger partial charge is 0.476 e. The highest BCUT2D eigenvalue weighted by Crippen LogP contribution is 2.44. The SMILES string of the molecule is CCNC(=NCC1(CCOC)CCC1)NCCOc1ccc(Cl)cn1. The summed E-state index contributed by atoms with van der Waals surface area (Å²) in [5.74, 6) is 1.40. The van der Waals surface area contributed by atoms with Crippen molar-refractivity contribution in [2.45, 2.75) is 32.6 Å². The van der Waals surface area contributed by atoms with Gasteiger partial charge in [-0.15, -0.1) is 0 Å². The van der Waals surface area contributed by atoms with Gasteiger partial charge in [0.25, 0.3) is 0 Å². The molecule has 1 aromatic rings. The second-order valence-electron chi connectivity index (χ2n) is 6.38. The summed E-state index contributed by atoms with van der Waals surface area (Å²) in [6.07, 6.45) is 6.44. The lowest BCUT2D eigenvalue weighted by atomic mass is 9.67. The molecule has 0 saturated heterocycles. The fourth-order valence-electron chi connectivity index (χ4n) is 2.84. The highest BCUT2D eigenvalue weighted by Gasteiger charge is 2.36. The minimum atomic E-state index is 0.322. The maximum absolute atomic E-state index is 5.81. The minimum Gasteiger partial charge on any atom is -0.476 e. The summed E-state index contributed by atoms with van der Waals surface area (Å²) < 4.78 is 10.8. The van der Waals surface area contributed by atoms with Crippen molar-refractivity contribution in [3.05, 3.63) is 23.4 Å². The first-order valence-corrected chi connectivity index (χ1v) is 9.31. The summed E-state index contributed by atoms with van der Waals surface area (Å²) in [7, 11) is 1.76. The topological polar surface area (TPSA) is 67.8 Å². The minimum absolute atomic E-state index is 0.322. The van der Waals surface area contributed by atoms with Crippen LogP contribution in [-0.2, 0) is 4.74 Å². The molecule has 7 heteroatoms. The van der Waals surface area contributed by atoms with Gasteiger partial charge in [-0.25, -0.2) is 4.98 Å². The summed E-state index contributed by atoms with van der Waals surface area (Å²) in [4.78, 5) is 8.87. The van der Waals surface area contributed by atoms with Gasteiger partial charge in [-0.1, -0.05) is 18.0 Å². The number of ether oxygens (including phenoxy) is 2. The molecule has 0 atom stereocenters. The van der Waals surface area contributed by atoms with Gasteiger partial charge in [0.1, 0.15) is 6.61 Å². The smallest absolute Gasteiger partial charge is 0.213 e. The molecular formula is C18H29ClN4O2. The Labute approximate surface area is 155 Å². The van der Waals surface area contributed by atoms with Crippen molar-refractivity contribution in [3.63, 3.8) is 0 Å². The number of halogens is 1. The average molecular weight is 369 g/mol. The van der Waals surface area contributed by atoms with Crippen LogP contribution in [-0.4, -0.2) is 50.9 Å². The molecule has 0 amide bonds. The molecule has 1 fully saturated rings. The van der Waals surface area contributed by atoms with Crippen molar-refractivity contribution in [2.75, 3.05) is 40.0 Å². The Morgan fingerprint density at radius 3 is 2.76 bits per heavy atom. The molecule has 2 rings (SSSR count). The van der Waals surface area contributed by atoms with Crippen molar-refractivity contribution in [1.82, 2.24) is 15.6 Å². The molecule has 0 spiro atoms. The number of nitrogens with one attached hydrogen (secondary N) is 2. The van der Waals surface area contributed by atoms with Crippen LogP contribution >= 0.6 is 11.6 Å². The summed E-state index contributed by atoms with van der Waals surface area (Å²) in [5, 5.41) is 7.19. The summed E-state index contributed by atoms with van der Waals surface area (Å²) in [5.41, 5.74) is 0.322. The van der Waals surface area contributed by atoms with E-state index in [1.165, 1.54) is 19.3 Å². The summed E-state index contributed by atoms with van der Waals surface area (Å²) in [6, 6.07) is 3.53. The highest BCUT2D eigenvalue weighted by molar-refractivity contribution is 6.30. The Bertz CT molecular complexity index is 532. The van der Waals surface area contributed by atoms with Crippen LogP contribution in [0.15, 0.2) is 23.3 Å². The average Bonchev–Trinajstić information content (AvgIpc) is 2.58. The fraction of sp³-hybridized carbons (Fsp3) is 0.667. The van der Waals surface area contributed by atoms with Crippen molar-refractivity contribution in [2.24, 2.45) is 10.4 Å². The van der Waals surface area contributed by atoms with Crippen molar-refractivity contribution >= 4 is 17.6 Å². The summed E-state index contributed by atoms with van der Waals surface area (Å²) in [6.45, 7) is 5.70. The van der Waals surface area contributed by atoms with E-state index in [2.05, 4.69) is 22.5 Å². The molecule has 1 heterocycles. The van der Waals surface area contributed by atoms with E-state index in [0.717, 1.165) is 32.1 Å². The standard InChI is InChI=1S/C18H29ClN4O2/c1-3-20-17(23-14-18(7-4-8-18)9-11-24-2)21-10-12-25-16-6-5-15(19)13-22-16/h5-6,13H,3-4,7-12,14H2,1-2H3,(H2,20,21,23). The summed E-state index contributed by atoms with van der Waals surface area (Å²) >= 11 is 5.81. The van der Waals surface area contributed by atoms with E-state index in [4.69, 9.17) is 26.1 Å². The molecule has 0 bridgehead atoms. The van der Waals surface area contributed by atoms with Gasteiger partial charge in [-0.05, 0) is 37.7 Å². The first-order valence-electron chi connectivity index (χ1n) is 8.93. The van der Waals surface area contributed by atoms with Gasteiger partial charge in [0.15, 0.2) is 5.96 Å². The predicted octanol–water partition coefficient (Wildman–Crippen LogP) is 2.88. The number of methoxy groups -OCH3 is 1. The molecule has 25 heavy (non-hydrogen) atoms. The molecule has 0 radical (unpaired) electrons. The van der Waals surface area contributed by atoms with E-state index < -0.39 is 0 Å². The number of hydrogen-bond donors (Lipinski definition) is 2. The van der Waals surface area contributed by atoms with Crippen molar-refractivity contribution in [3.8, 4) is 5.88 Å². The lowest BCUT2D eigenvalue weighted by molar-refractivity contribution is 0.0778. The monoisotopic (exact) mass is 368 g/mol. The Hall–Kier alpha value is -1.53. The molecule has 2 N–H and O–H groups in total. The quantitative estimate of drug-likeness (QED) is 0.377. The lowest BCUT2D eigenvalue weighted by Gasteiger charge is -2.40. The number of hydrogen-bond acceptors (Lipinski definition) is 4. The molecule has 6 nitrogen and oxygen atoms in total. The first-order chi connectivity index (χ1) is 12.2. The molecular weight excluding hydrogens is 340 g/mol. The molecule has 1 saturated carbocycles. The first kappa shape index (κ1) is 19.8. The van der Waals surface area contributed by atoms with Crippen LogP contribution in [0.4, 0.5) is 0 Å². The number of aromatic nitrogens is 1. The van der Waals surface area contributed by atoms with Gasteiger partial charge in [0.2, 0.25) is 5.88 Å². The second kappa shape index (κ2) is 10.5. The predicted molar refractivity (Wildman–Crippen MR) is 102 cm³/mol. The normalized spacial score (nSPS) is 16.2. The number of guanidine groups is 1. The Morgan fingerprint density at radius 2 is 2.16 bits per heavy atom. The Balaban J connectivity index is 1.76. The molecule has 1 aliphatic rings. The van der Waals surface area contributed by atoms with Crippen molar-refractivity contribution < 1.29 is 9.47 Å².